The van der Waals surface area contributed by atoms with E-state index in [1.807, 2.05) is 28.9 Å². The second-order valence-corrected chi connectivity index (χ2v) is 6.02. The predicted octanol–water partition coefficient (Wildman–Crippen LogP) is 3.14. The van der Waals surface area contributed by atoms with E-state index in [-0.39, 0.29) is 5.97 Å². The molecule has 2 aromatic rings. The van der Waals surface area contributed by atoms with Crippen molar-refractivity contribution in [3.63, 3.8) is 0 Å². The summed E-state index contributed by atoms with van der Waals surface area (Å²) >= 11 is 3.46. The summed E-state index contributed by atoms with van der Waals surface area (Å²) in [5, 5.41) is 8.20. The molecule has 0 amide bonds. The van der Waals surface area contributed by atoms with Crippen molar-refractivity contribution in [2.75, 3.05) is 6.61 Å². The van der Waals surface area contributed by atoms with Crippen LogP contribution in [0.25, 0.3) is 0 Å². The Labute approximate surface area is 131 Å². The Kier molecular flexibility index (Phi) is 4.05. The maximum Gasteiger partial charge on any atom is 0.360 e. The Morgan fingerprint density at radius 2 is 2.29 bits per heavy atom. The summed E-state index contributed by atoms with van der Waals surface area (Å²) in [6, 6.07) is 8.05. The zero-order valence-corrected chi connectivity index (χ0v) is 13.3. The van der Waals surface area contributed by atoms with Crippen molar-refractivity contribution < 1.29 is 9.53 Å². The van der Waals surface area contributed by atoms with Gasteiger partial charge in [0.15, 0.2) is 5.69 Å². The van der Waals surface area contributed by atoms with E-state index in [0.29, 0.717) is 24.8 Å². The van der Waals surface area contributed by atoms with Crippen molar-refractivity contribution in [3.8, 4) is 0 Å². The normalized spacial score (nSPS) is 14.2. The number of aromatic nitrogens is 3. The number of carbonyl (C=O) groups excluding carboxylic acids is 1. The van der Waals surface area contributed by atoms with Gasteiger partial charge in [-0.1, -0.05) is 33.3 Å². The first-order valence-electron chi connectivity index (χ1n) is 7.04. The molecule has 0 atom stereocenters. The van der Waals surface area contributed by atoms with Crippen molar-refractivity contribution in [1.82, 2.24) is 15.0 Å². The van der Waals surface area contributed by atoms with Gasteiger partial charge in [0.05, 0.1) is 18.8 Å². The fourth-order valence-electron chi connectivity index (χ4n) is 2.35. The highest BCUT2D eigenvalue weighted by molar-refractivity contribution is 9.10. The minimum Gasteiger partial charge on any atom is -0.461 e. The zero-order valence-electron chi connectivity index (χ0n) is 11.8. The van der Waals surface area contributed by atoms with Crippen LogP contribution in [-0.2, 0) is 11.3 Å². The summed E-state index contributed by atoms with van der Waals surface area (Å²) in [5.41, 5.74) is 2.40. The van der Waals surface area contributed by atoms with Crippen molar-refractivity contribution in [3.05, 3.63) is 45.7 Å². The SMILES string of the molecule is CCOC(=O)c1nnn(Cc2cccc(Br)c2)c1C1CC1. The summed E-state index contributed by atoms with van der Waals surface area (Å²) < 4.78 is 7.92. The van der Waals surface area contributed by atoms with Crippen LogP contribution >= 0.6 is 15.9 Å². The Bertz CT molecular complexity index is 665. The summed E-state index contributed by atoms with van der Waals surface area (Å²) in [6.45, 7) is 2.75. The van der Waals surface area contributed by atoms with Gasteiger partial charge in [-0.3, -0.25) is 0 Å². The highest BCUT2D eigenvalue weighted by Gasteiger charge is 2.34. The Morgan fingerprint density at radius 1 is 1.48 bits per heavy atom. The lowest BCUT2D eigenvalue weighted by molar-refractivity contribution is 0.0518. The molecule has 0 spiro atoms. The van der Waals surface area contributed by atoms with Crippen LogP contribution in [0.15, 0.2) is 28.7 Å². The number of esters is 1. The molecule has 6 heteroatoms. The first-order valence-corrected chi connectivity index (χ1v) is 7.83. The largest absolute Gasteiger partial charge is 0.461 e. The van der Waals surface area contributed by atoms with Gasteiger partial charge < -0.3 is 4.74 Å². The quantitative estimate of drug-likeness (QED) is 0.778. The number of halogens is 1. The minimum atomic E-state index is -0.375. The van der Waals surface area contributed by atoms with Crippen molar-refractivity contribution >= 4 is 21.9 Å². The van der Waals surface area contributed by atoms with Gasteiger partial charge in [0.25, 0.3) is 0 Å². The Balaban J connectivity index is 1.90. The fraction of sp³-hybridized carbons (Fsp3) is 0.400. The van der Waals surface area contributed by atoms with Crippen LogP contribution in [0.5, 0.6) is 0 Å². The molecular formula is C15H16BrN3O2. The van der Waals surface area contributed by atoms with Crippen molar-refractivity contribution in [2.45, 2.75) is 32.2 Å². The van der Waals surface area contributed by atoms with Crippen LogP contribution in [0.1, 0.15) is 47.4 Å². The molecule has 1 heterocycles. The van der Waals surface area contributed by atoms with Gasteiger partial charge in [0, 0.05) is 10.4 Å². The highest BCUT2D eigenvalue weighted by Crippen LogP contribution is 2.41. The van der Waals surface area contributed by atoms with Crippen LogP contribution in [0.2, 0.25) is 0 Å². The molecule has 1 fully saturated rings. The summed E-state index contributed by atoms with van der Waals surface area (Å²) in [7, 11) is 0. The average Bonchev–Trinajstić information content (AvgIpc) is 3.20. The zero-order chi connectivity index (χ0) is 14.8. The lowest BCUT2D eigenvalue weighted by atomic mass is 10.2. The molecular weight excluding hydrogens is 334 g/mol. The third-order valence-corrected chi connectivity index (χ3v) is 3.92. The van der Waals surface area contributed by atoms with Gasteiger partial charge in [-0.05, 0) is 37.5 Å². The maximum atomic E-state index is 12.0. The molecule has 1 aliphatic carbocycles. The first kappa shape index (κ1) is 14.3. The van der Waals surface area contributed by atoms with Crippen molar-refractivity contribution in [2.24, 2.45) is 0 Å². The molecule has 0 N–H and O–H groups in total. The molecule has 1 saturated carbocycles. The molecule has 5 nitrogen and oxygen atoms in total. The molecule has 0 unspecified atom stereocenters. The molecule has 3 rings (SSSR count). The van der Waals surface area contributed by atoms with Gasteiger partial charge in [0.2, 0.25) is 0 Å². The van der Waals surface area contributed by atoms with Crippen LogP contribution in [-0.4, -0.2) is 27.6 Å². The third-order valence-electron chi connectivity index (χ3n) is 3.43. The number of nitrogens with zero attached hydrogens (tertiary/aromatic N) is 3. The monoisotopic (exact) mass is 349 g/mol. The van der Waals surface area contributed by atoms with Gasteiger partial charge in [-0.25, -0.2) is 9.48 Å². The first-order chi connectivity index (χ1) is 10.2. The van der Waals surface area contributed by atoms with E-state index in [1.165, 1.54) is 0 Å². The predicted molar refractivity (Wildman–Crippen MR) is 81.2 cm³/mol. The molecule has 1 aromatic carbocycles. The minimum absolute atomic E-state index is 0.349. The molecule has 0 aliphatic heterocycles. The third kappa shape index (κ3) is 3.15. The number of carbonyl (C=O) groups is 1. The number of hydrogen-bond donors (Lipinski definition) is 0. The van der Waals surface area contributed by atoms with Crippen LogP contribution in [0, 0.1) is 0 Å². The Hall–Kier alpha value is -1.69. The van der Waals surface area contributed by atoms with Crippen molar-refractivity contribution in [1.29, 1.82) is 0 Å². The second kappa shape index (κ2) is 5.97. The molecule has 1 aromatic heterocycles. The summed E-state index contributed by atoms with van der Waals surface area (Å²) in [4.78, 5) is 12.0. The van der Waals surface area contributed by atoms with E-state index < -0.39 is 0 Å². The van der Waals surface area contributed by atoms with Gasteiger partial charge >= 0.3 is 5.97 Å². The highest BCUT2D eigenvalue weighted by atomic mass is 79.9. The van der Waals surface area contributed by atoms with Crippen LogP contribution < -0.4 is 0 Å². The van der Waals surface area contributed by atoms with E-state index in [0.717, 1.165) is 28.6 Å². The smallest absolute Gasteiger partial charge is 0.360 e. The van der Waals surface area contributed by atoms with E-state index in [2.05, 4.69) is 26.2 Å². The molecule has 0 saturated heterocycles. The number of hydrogen-bond acceptors (Lipinski definition) is 4. The van der Waals surface area contributed by atoms with Gasteiger partial charge in [0.1, 0.15) is 0 Å². The lowest BCUT2D eigenvalue weighted by Gasteiger charge is -2.07. The second-order valence-electron chi connectivity index (χ2n) is 5.11. The van der Waals surface area contributed by atoms with Crippen LogP contribution in [0.3, 0.4) is 0 Å². The fourth-order valence-corrected chi connectivity index (χ4v) is 2.80. The molecule has 1 aliphatic rings. The molecule has 21 heavy (non-hydrogen) atoms. The standard InChI is InChI=1S/C15H16BrN3O2/c1-2-21-15(20)13-14(11-6-7-11)19(18-17-13)9-10-4-3-5-12(16)8-10/h3-5,8,11H,2,6-7,9H2,1H3. The molecule has 0 radical (unpaired) electrons. The van der Waals surface area contributed by atoms with E-state index in [9.17, 15) is 4.79 Å². The topological polar surface area (TPSA) is 57.0 Å². The van der Waals surface area contributed by atoms with E-state index >= 15 is 0 Å². The lowest BCUT2D eigenvalue weighted by Crippen LogP contribution is -2.11. The average molecular weight is 350 g/mol. The van der Waals surface area contributed by atoms with E-state index in [4.69, 9.17) is 4.74 Å². The van der Waals surface area contributed by atoms with Gasteiger partial charge in [-0.2, -0.15) is 0 Å². The number of benzene rings is 1. The Morgan fingerprint density at radius 3 is 2.95 bits per heavy atom. The number of rotatable bonds is 5. The van der Waals surface area contributed by atoms with E-state index in [1.54, 1.807) is 6.92 Å². The summed E-state index contributed by atoms with van der Waals surface area (Å²) in [6.07, 6.45) is 2.16. The number of ether oxygens (including phenoxy) is 1. The maximum absolute atomic E-state index is 12.0. The van der Waals surface area contributed by atoms with Gasteiger partial charge in [-0.15, -0.1) is 5.10 Å². The summed E-state index contributed by atoms with van der Waals surface area (Å²) in [5.74, 6) is 0.00597. The van der Waals surface area contributed by atoms with Crippen LogP contribution in [0.4, 0.5) is 0 Å². The molecule has 110 valence electrons. The molecule has 0 bridgehead atoms.